The molecule has 2 aromatic rings. The van der Waals surface area contributed by atoms with E-state index in [2.05, 4.69) is 10.3 Å². The molecule has 136 valence electrons. The first kappa shape index (κ1) is 18.5. The molecule has 0 saturated carbocycles. The molecule has 0 aliphatic carbocycles. The van der Waals surface area contributed by atoms with Gasteiger partial charge in [-0.2, -0.15) is 5.26 Å². The zero-order chi connectivity index (χ0) is 19.2. The standard InChI is InChI=1S/C20H17N3O3S/c1-13-4-3-5-15(10-13)22-20-23-19(24)18(27-20)12-14-6-7-16(26-9-8-21)17(11-14)25-2/h3-7,10-12H,9H2,1-2H3,(H,22,23,24). The van der Waals surface area contributed by atoms with Crippen molar-refractivity contribution < 1.29 is 14.3 Å². The molecule has 0 unspecified atom stereocenters. The number of nitrogens with one attached hydrogen (secondary N) is 1. The molecule has 1 aliphatic rings. The lowest BCUT2D eigenvalue weighted by Crippen LogP contribution is -2.19. The second-order valence-corrected chi connectivity index (χ2v) is 6.71. The molecule has 0 aromatic heterocycles. The summed E-state index contributed by atoms with van der Waals surface area (Å²) in [5.41, 5.74) is 2.68. The van der Waals surface area contributed by atoms with Gasteiger partial charge in [0.1, 0.15) is 6.07 Å². The van der Waals surface area contributed by atoms with Crippen LogP contribution >= 0.6 is 11.8 Å². The van der Waals surface area contributed by atoms with Gasteiger partial charge in [0.05, 0.1) is 17.7 Å². The molecule has 0 atom stereocenters. The van der Waals surface area contributed by atoms with Crippen molar-refractivity contribution in [2.24, 2.45) is 4.99 Å². The Hall–Kier alpha value is -3.24. The monoisotopic (exact) mass is 379 g/mol. The lowest BCUT2D eigenvalue weighted by Gasteiger charge is -2.08. The summed E-state index contributed by atoms with van der Waals surface area (Å²) < 4.78 is 10.6. The Morgan fingerprint density at radius 1 is 1.26 bits per heavy atom. The highest BCUT2D eigenvalue weighted by molar-refractivity contribution is 8.18. The van der Waals surface area contributed by atoms with Gasteiger partial charge in [-0.3, -0.25) is 4.79 Å². The molecule has 27 heavy (non-hydrogen) atoms. The van der Waals surface area contributed by atoms with E-state index in [1.54, 1.807) is 24.3 Å². The fraction of sp³-hybridized carbons (Fsp3) is 0.150. The number of rotatable bonds is 5. The molecule has 0 spiro atoms. The van der Waals surface area contributed by atoms with Crippen molar-refractivity contribution >= 4 is 34.6 Å². The Labute approximate surface area is 161 Å². The minimum Gasteiger partial charge on any atom is -0.493 e. The minimum absolute atomic E-state index is 0.0617. The van der Waals surface area contributed by atoms with Gasteiger partial charge < -0.3 is 14.8 Å². The third kappa shape index (κ3) is 4.68. The number of aliphatic imine (C=N–C) groups is 1. The molecule has 1 heterocycles. The fourth-order valence-corrected chi connectivity index (χ4v) is 3.29. The summed E-state index contributed by atoms with van der Waals surface area (Å²) in [5, 5.41) is 11.9. The first-order valence-electron chi connectivity index (χ1n) is 8.13. The van der Waals surface area contributed by atoms with E-state index in [9.17, 15) is 4.79 Å². The number of amides is 1. The molecule has 7 heteroatoms. The molecule has 1 saturated heterocycles. The van der Waals surface area contributed by atoms with E-state index >= 15 is 0 Å². The smallest absolute Gasteiger partial charge is 0.264 e. The first-order valence-corrected chi connectivity index (χ1v) is 8.95. The average Bonchev–Trinajstić information content (AvgIpc) is 2.99. The summed E-state index contributed by atoms with van der Waals surface area (Å²) in [5.74, 6) is 0.776. The lowest BCUT2D eigenvalue weighted by atomic mass is 10.2. The van der Waals surface area contributed by atoms with Crippen LogP contribution in [0.3, 0.4) is 0 Å². The largest absolute Gasteiger partial charge is 0.493 e. The van der Waals surface area contributed by atoms with E-state index in [1.807, 2.05) is 37.3 Å². The second-order valence-electron chi connectivity index (χ2n) is 5.68. The predicted octanol–water partition coefficient (Wildman–Crippen LogP) is 3.80. The number of nitriles is 1. The lowest BCUT2D eigenvalue weighted by molar-refractivity contribution is -0.115. The summed E-state index contributed by atoms with van der Waals surface area (Å²) in [6, 6.07) is 14.9. The molecular weight excluding hydrogens is 362 g/mol. The number of carbonyl (C=O) groups excluding carboxylic acids is 1. The van der Waals surface area contributed by atoms with Crippen LogP contribution in [0.25, 0.3) is 6.08 Å². The van der Waals surface area contributed by atoms with Crippen molar-refractivity contribution in [1.82, 2.24) is 5.32 Å². The fourth-order valence-electron chi connectivity index (χ4n) is 2.45. The van der Waals surface area contributed by atoms with Crippen LogP contribution in [0.15, 0.2) is 52.4 Å². The number of nitrogens with zero attached hydrogens (tertiary/aromatic N) is 2. The Bertz CT molecular complexity index is 977. The van der Waals surface area contributed by atoms with Crippen molar-refractivity contribution in [3.63, 3.8) is 0 Å². The molecule has 2 aromatic carbocycles. The van der Waals surface area contributed by atoms with Crippen LogP contribution in [0.2, 0.25) is 0 Å². The Kier molecular flexibility index (Phi) is 5.79. The number of aryl methyl sites for hydroxylation is 1. The maximum absolute atomic E-state index is 12.2. The van der Waals surface area contributed by atoms with E-state index in [1.165, 1.54) is 18.9 Å². The highest BCUT2D eigenvalue weighted by Crippen LogP contribution is 2.32. The Morgan fingerprint density at radius 2 is 2.11 bits per heavy atom. The summed E-state index contributed by atoms with van der Waals surface area (Å²) in [4.78, 5) is 17.2. The van der Waals surface area contributed by atoms with Crippen LogP contribution in [0.4, 0.5) is 5.69 Å². The van der Waals surface area contributed by atoms with Crippen LogP contribution < -0.4 is 14.8 Å². The van der Waals surface area contributed by atoms with Gasteiger partial charge in [-0.1, -0.05) is 18.2 Å². The molecule has 1 aliphatic heterocycles. The molecule has 1 amide bonds. The van der Waals surface area contributed by atoms with Crippen molar-refractivity contribution in [2.75, 3.05) is 13.7 Å². The number of amidine groups is 1. The van der Waals surface area contributed by atoms with Gasteiger partial charge in [-0.15, -0.1) is 0 Å². The summed E-state index contributed by atoms with van der Waals surface area (Å²) in [6.45, 7) is 1.93. The van der Waals surface area contributed by atoms with Crippen LogP contribution in [-0.2, 0) is 4.79 Å². The average molecular weight is 379 g/mol. The number of methoxy groups -OCH3 is 1. The number of carbonyl (C=O) groups is 1. The highest BCUT2D eigenvalue weighted by atomic mass is 32.2. The normalized spacial score (nSPS) is 16.3. The van der Waals surface area contributed by atoms with Gasteiger partial charge >= 0.3 is 0 Å². The van der Waals surface area contributed by atoms with Crippen LogP contribution in [0.5, 0.6) is 11.5 Å². The quantitative estimate of drug-likeness (QED) is 0.799. The summed E-state index contributed by atoms with van der Waals surface area (Å²) in [7, 11) is 1.52. The zero-order valence-electron chi connectivity index (χ0n) is 14.9. The van der Waals surface area contributed by atoms with E-state index < -0.39 is 0 Å². The molecule has 3 rings (SSSR count). The molecule has 6 nitrogen and oxygen atoms in total. The number of thioether (sulfide) groups is 1. The number of ether oxygens (including phenoxy) is 2. The number of hydrogen-bond donors (Lipinski definition) is 1. The van der Waals surface area contributed by atoms with Gasteiger partial charge in [0.15, 0.2) is 23.3 Å². The Morgan fingerprint density at radius 3 is 2.85 bits per heavy atom. The Balaban J connectivity index is 1.81. The highest BCUT2D eigenvalue weighted by Gasteiger charge is 2.24. The molecular formula is C20H17N3O3S. The summed E-state index contributed by atoms with van der Waals surface area (Å²) >= 11 is 1.28. The van der Waals surface area contributed by atoms with E-state index in [0.29, 0.717) is 21.6 Å². The topological polar surface area (TPSA) is 83.7 Å². The SMILES string of the molecule is COc1cc(C=C2SC(=Nc3cccc(C)c3)NC2=O)ccc1OCC#N. The zero-order valence-corrected chi connectivity index (χ0v) is 15.7. The van der Waals surface area contributed by atoms with Gasteiger partial charge in [0, 0.05) is 0 Å². The van der Waals surface area contributed by atoms with Gasteiger partial charge in [0.25, 0.3) is 5.91 Å². The molecule has 1 N–H and O–H groups in total. The van der Waals surface area contributed by atoms with E-state index in [-0.39, 0.29) is 12.5 Å². The summed E-state index contributed by atoms with van der Waals surface area (Å²) in [6.07, 6.45) is 1.76. The second kappa shape index (κ2) is 8.43. The van der Waals surface area contributed by atoms with E-state index in [0.717, 1.165) is 16.8 Å². The number of hydrogen-bond acceptors (Lipinski definition) is 6. The van der Waals surface area contributed by atoms with Crippen LogP contribution in [0, 0.1) is 18.3 Å². The van der Waals surface area contributed by atoms with Crippen LogP contribution in [0.1, 0.15) is 11.1 Å². The van der Waals surface area contributed by atoms with Crippen LogP contribution in [-0.4, -0.2) is 24.8 Å². The molecule has 0 bridgehead atoms. The third-order valence-corrected chi connectivity index (χ3v) is 4.57. The molecule has 0 radical (unpaired) electrons. The van der Waals surface area contributed by atoms with Crippen molar-refractivity contribution in [3.05, 3.63) is 58.5 Å². The maximum atomic E-state index is 12.2. The predicted molar refractivity (Wildman–Crippen MR) is 106 cm³/mol. The number of benzene rings is 2. The van der Waals surface area contributed by atoms with Gasteiger partial charge in [-0.25, -0.2) is 4.99 Å². The minimum atomic E-state index is -0.199. The van der Waals surface area contributed by atoms with Crippen molar-refractivity contribution in [2.45, 2.75) is 6.92 Å². The van der Waals surface area contributed by atoms with Gasteiger partial charge in [-0.05, 0) is 60.2 Å². The van der Waals surface area contributed by atoms with Crippen molar-refractivity contribution in [1.29, 1.82) is 5.26 Å². The molecule has 1 fully saturated rings. The first-order chi connectivity index (χ1) is 13.1. The van der Waals surface area contributed by atoms with E-state index in [4.69, 9.17) is 14.7 Å². The van der Waals surface area contributed by atoms with Gasteiger partial charge in [0.2, 0.25) is 0 Å². The van der Waals surface area contributed by atoms with Crippen molar-refractivity contribution in [3.8, 4) is 17.6 Å². The third-order valence-electron chi connectivity index (χ3n) is 3.66. The maximum Gasteiger partial charge on any atom is 0.264 e.